The predicted molar refractivity (Wildman–Crippen MR) is 363 cm³/mol. The fourth-order valence-electron chi connectivity index (χ4n) is 13.0. The maximum atomic E-state index is 15.2. The summed E-state index contributed by atoms with van der Waals surface area (Å²) in [5, 5.41) is 161. The van der Waals surface area contributed by atoms with Crippen LogP contribution in [-0.4, -0.2) is 311 Å². The number of aliphatic hydroxyl groups is 13. The highest BCUT2D eigenvalue weighted by Gasteiger charge is 2.54. The number of benzene rings is 4. The van der Waals surface area contributed by atoms with Crippen molar-refractivity contribution in [3.05, 3.63) is 131 Å². The van der Waals surface area contributed by atoms with E-state index >= 15 is 9.59 Å². The molecule has 6 aliphatic rings. The van der Waals surface area contributed by atoms with Crippen molar-refractivity contribution >= 4 is 47.4 Å². The second kappa shape index (κ2) is 36.1. The highest BCUT2D eigenvalue weighted by atomic mass is 16.7. The second-order valence-electron chi connectivity index (χ2n) is 26.3. The fraction of sp³-hybridized carbons (Fsp3) is 0.529. The molecule has 6 heterocycles. The summed E-state index contributed by atoms with van der Waals surface area (Å²) in [5.74, 6) is -8.43. The third-order valence-electron chi connectivity index (χ3n) is 19.1. The van der Waals surface area contributed by atoms with E-state index in [2.05, 4.69) is 47.2 Å². The molecule has 0 saturated carbocycles. The molecule has 4 saturated heterocycles. The Labute approximate surface area is 605 Å². The van der Waals surface area contributed by atoms with Gasteiger partial charge in [-0.25, -0.2) is 0 Å². The Bertz CT molecular complexity index is 3670. The first kappa shape index (κ1) is 79.7. The van der Waals surface area contributed by atoms with Crippen molar-refractivity contribution in [1.82, 2.24) is 42.1 Å². The van der Waals surface area contributed by atoms with Crippen LogP contribution in [0.2, 0.25) is 0 Å². The highest BCUT2D eigenvalue weighted by Crippen LogP contribution is 2.34. The standard InChI is InChI=1S/C68H90N12O26/c1-30(34-10-6-3-7-11-34)45-61(97)74-37(20-31-12-18-36(19-13-31)102-65-56(94)53(91)58(43(27-84)105-65)106-66-55(93)52(90)57(42(26-83)104-66)101-29-33-14-16-35(17-15-33)100-28-32-8-4-2-5-9-32)60(96)78-46(48(86)38-21-72-67(69)76-38)63(99)79-47(62(98)75-39(24-81)59(95)71-23-44(85)77-45)49(87)40-22-73-68(70)80(40)64-54(92)51(89)50(88)41(25-82)103-64/h2-19,30,37-43,45-58,64-66,81-84,86-94H,20-29H2,1H3,(H2,70,73)(H,71,95)(H,74,97)(H,75,98)(H,77,85)(H,78,96)(H,79,99)(H3,69,72,76)/t30?,37-,38?,39+,40?,41-,42-,43-,45+,46+,47-,48?,49?,50-,51+,52-,53-,54+,55+,56+,57-,58-,64+,65+,66-/m1/s1. The Morgan fingerprint density at radius 2 is 1.08 bits per heavy atom. The van der Waals surface area contributed by atoms with Gasteiger partial charge in [0.15, 0.2) is 24.4 Å². The fourth-order valence-corrected chi connectivity index (χ4v) is 13.0. The lowest BCUT2D eigenvalue weighted by Gasteiger charge is -2.46. The molecule has 38 nitrogen and oxygen atoms in total. The molecular formula is C68H90N12O26. The number of hydrogen-bond donors (Lipinski definition) is 22. The number of amides is 6. The number of guanidine groups is 2. The van der Waals surface area contributed by atoms with Crippen molar-refractivity contribution in [2.45, 2.75) is 179 Å². The quantitative estimate of drug-likeness (QED) is 0.0328. The molecule has 25 atom stereocenters. The first-order valence-electron chi connectivity index (χ1n) is 34.1. The van der Waals surface area contributed by atoms with Crippen LogP contribution in [0, 0.1) is 0 Å². The first-order chi connectivity index (χ1) is 50.8. The third kappa shape index (κ3) is 18.7. The van der Waals surface area contributed by atoms with Gasteiger partial charge in [-0.15, -0.1) is 0 Å². The molecule has 6 aliphatic heterocycles. The van der Waals surface area contributed by atoms with Gasteiger partial charge in [-0.3, -0.25) is 38.8 Å². The first-order valence-corrected chi connectivity index (χ1v) is 34.1. The average molecular weight is 1490 g/mol. The van der Waals surface area contributed by atoms with E-state index in [0.29, 0.717) is 23.5 Å². The number of carbonyl (C=O) groups excluding carboxylic acids is 6. The van der Waals surface area contributed by atoms with Gasteiger partial charge in [0.1, 0.15) is 134 Å². The van der Waals surface area contributed by atoms with Gasteiger partial charge in [-0.1, -0.05) is 91.9 Å². The second-order valence-corrected chi connectivity index (χ2v) is 26.3. The third-order valence-corrected chi connectivity index (χ3v) is 19.1. The van der Waals surface area contributed by atoms with Gasteiger partial charge in [0.2, 0.25) is 41.7 Å². The maximum absolute atomic E-state index is 15.2. The van der Waals surface area contributed by atoms with Crippen molar-refractivity contribution in [2.24, 2.45) is 21.5 Å². The molecule has 24 N–H and O–H groups in total. The number of rotatable bonds is 23. The van der Waals surface area contributed by atoms with Crippen LogP contribution in [0.5, 0.6) is 11.5 Å². The van der Waals surface area contributed by atoms with E-state index in [1.807, 2.05) is 30.3 Å². The van der Waals surface area contributed by atoms with Crippen molar-refractivity contribution < 1.29 is 128 Å². The summed E-state index contributed by atoms with van der Waals surface area (Å²) in [6, 6.07) is 17.3. The van der Waals surface area contributed by atoms with E-state index in [0.717, 1.165) is 10.5 Å². The van der Waals surface area contributed by atoms with Crippen LogP contribution in [0.3, 0.4) is 0 Å². The van der Waals surface area contributed by atoms with Crippen LogP contribution in [0.1, 0.15) is 35.1 Å². The van der Waals surface area contributed by atoms with Crippen molar-refractivity contribution in [2.75, 3.05) is 46.1 Å². The number of hydrogen-bond acceptors (Lipinski definition) is 32. The lowest BCUT2D eigenvalue weighted by Crippen LogP contribution is -2.70. The topological polar surface area (TPSA) is 594 Å². The van der Waals surface area contributed by atoms with Gasteiger partial charge in [0, 0.05) is 12.3 Å². The SMILES string of the molecule is CC(c1ccccc1)[C@@H]1NC(=O)CNC(=O)[C@H](CO)NC(=O)[C@@H](C(O)C2CN=C(N)N2[C@H]2O[C@H](CO)[C@@H](O)[C@H](O)[C@@H]2O)NC(=O)[C@H](C(O)C2CN=C(N)N2)NC(=O)[C@@H](Cc2ccc(O[C@H]3O[C@H](CO)[C@@H](O[C@H]4O[C@H](CO)[C@@H](OCc5ccc(OCc6ccccc6)cc5)[C@H](O)[C@@H]4O)[C@H](O)[C@@H]3O)cc2)NC1=O. The van der Waals surface area contributed by atoms with Gasteiger partial charge in [0.25, 0.3) is 0 Å². The van der Waals surface area contributed by atoms with E-state index < -0.39 is 240 Å². The molecule has 5 unspecified atom stereocenters. The van der Waals surface area contributed by atoms with Gasteiger partial charge in [-0.05, 0) is 46.5 Å². The number of nitrogens with zero attached hydrogens (tertiary/aromatic N) is 3. The molecule has 10 rings (SSSR count). The van der Waals surface area contributed by atoms with Crippen molar-refractivity contribution in [1.29, 1.82) is 0 Å². The van der Waals surface area contributed by atoms with Crippen LogP contribution >= 0.6 is 0 Å². The zero-order chi connectivity index (χ0) is 76.2. The monoisotopic (exact) mass is 1490 g/mol. The van der Waals surface area contributed by atoms with Gasteiger partial charge >= 0.3 is 0 Å². The molecule has 106 heavy (non-hydrogen) atoms. The molecule has 0 bridgehead atoms. The molecule has 38 heteroatoms. The molecule has 0 aromatic heterocycles. The Kier molecular flexibility index (Phi) is 27.2. The van der Waals surface area contributed by atoms with E-state index in [1.165, 1.54) is 24.3 Å². The minimum Gasteiger partial charge on any atom is -0.489 e. The lowest BCUT2D eigenvalue weighted by molar-refractivity contribution is -0.355. The Hall–Kier alpha value is -8.88. The number of ether oxygens (including phenoxy) is 7. The molecule has 0 radical (unpaired) electrons. The van der Waals surface area contributed by atoms with E-state index in [-0.39, 0.29) is 30.4 Å². The molecule has 6 amide bonds. The van der Waals surface area contributed by atoms with Gasteiger partial charge in [-0.2, -0.15) is 0 Å². The largest absolute Gasteiger partial charge is 0.489 e. The zero-order valence-electron chi connectivity index (χ0n) is 57.0. The molecule has 0 aliphatic carbocycles. The smallest absolute Gasteiger partial charge is 0.246 e. The maximum Gasteiger partial charge on any atom is 0.246 e. The molecule has 4 aromatic carbocycles. The molecule has 0 spiro atoms. The summed E-state index contributed by atoms with van der Waals surface area (Å²) >= 11 is 0. The van der Waals surface area contributed by atoms with Crippen LogP contribution in [0.15, 0.2) is 119 Å². The lowest BCUT2D eigenvalue weighted by atomic mass is 9.92. The molecule has 4 fully saturated rings. The normalized spacial score (nSPS) is 33.8. The number of carbonyl (C=O) groups is 6. The van der Waals surface area contributed by atoms with Crippen LogP contribution < -0.4 is 58.2 Å². The van der Waals surface area contributed by atoms with Crippen molar-refractivity contribution in [3.63, 3.8) is 0 Å². The molecular weight excluding hydrogens is 1400 g/mol. The summed E-state index contributed by atoms with van der Waals surface area (Å²) in [6.45, 7) is -3.66. The number of aliphatic imine (C=N–C) groups is 2. The van der Waals surface area contributed by atoms with E-state index in [4.69, 9.17) is 44.6 Å². The van der Waals surface area contributed by atoms with Crippen LogP contribution in [0.25, 0.3) is 0 Å². The highest BCUT2D eigenvalue weighted by molar-refractivity contribution is 5.98. The van der Waals surface area contributed by atoms with Gasteiger partial charge in [0.05, 0.1) is 64.8 Å². The minimum atomic E-state index is -2.35. The number of nitrogens with one attached hydrogen (secondary N) is 7. The molecule has 578 valence electrons. The predicted octanol–water partition coefficient (Wildman–Crippen LogP) is -9.81. The number of nitrogens with two attached hydrogens (primary N) is 2. The van der Waals surface area contributed by atoms with Gasteiger partial charge < -0.3 is 153 Å². The van der Waals surface area contributed by atoms with Crippen LogP contribution in [0.4, 0.5) is 0 Å². The number of aliphatic hydroxyl groups excluding tert-OH is 13. The summed E-state index contributed by atoms with van der Waals surface area (Å²) in [6.07, 6.45) is -31.1. The summed E-state index contributed by atoms with van der Waals surface area (Å²) in [5.41, 5.74) is 14.5. The summed E-state index contributed by atoms with van der Waals surface area (Å²) in [4.78, 5) is 96.7. The Morgan fingerprint density at radius 1 is 0.519 bits per heavy atom. The zero-order valence-corrected chi connectivity index (χ0v) is 57.0. The Balaban J connectivity index is 0.873. The Morgan fingerprint density at radius 3 is 1.74 bits per heavy atom. The van der Waals surface area contributed by atoms with Crippen molar-refractivity contribution in [3.8, 4) is 11.5 Å². The van der Waals surface area contributed by atoms with E-state index in [9.17, 15) is 85.6 Å². The summed E-state index contributed by atoms with van der Waals surface area (Å²) in [7, 11) is 0. The summed E-state index contributed by atoms with van der Waals surface area (Å²) < 4.78 is 41.1. The molecule has 4 aromatic rings. The van der Waals surface area contributed by atoms with E-state index in [1.54, 1.807) is 61.5 Å². The minimum absolute atomic E-state index is 0.0706. The average Bonchev–Trinajstić information content (AvgIpc) is 1.49. The van der Waals surface area contributed by atoms with Crippen LogP contribution in [-0.2, 0) is 72.1 Å².